The third-order valence-corrected chi connectivity index (χ3v) is 2.32. The van der Waals surface area contributed by atoms with E-state index < -0.39 is 4.92 Å². The Morgan fingerprint density at radius 3 is 2.94 bits per heavy atom. The fraction of sp³-hybridized carbons (Fsp3) is 0.500. The molecular formula is C10H14ClN3O4. The third kappa shape index (κ3) is 4.82. The highest BCUT2D eigenvalue weighted by Crippen LogP contribution is 2.23. The predicted molar refractivity (Wildman–Crippen MR) is 66.9 cm³/mol. The van der Waals surface area contributed by atoms with Crippen molar-refractivity contribution in [1.29, 1.82) is 0 Å². The molecule has 8 heteroatoms. The Balaban J connectivity index is 2.36. The molecule has 0 saturated carbocycles. The Hall–Kier alpha value is -1.44. The van der Waals surface area contributed by atoms with Crippen LogP contribution in [0.3, 0.4) is 0 Å². The highest BCUT2D eigenvalue weighted by Gasteiger charge is 2.10. The fourth-order valence-electron chi connectivity index (χ4n) is 1.21. The van der Waals surface area contributed by atoms with E-state index in [1.54, 1.807) is 0 Å². The molecule has 0 amide bonds. The first kappa shape index (κ1) is 14.6. The molecule has 1 rings (SSSR count). The number of nitrogens with zero attached hydrogens (tertiary/aromatic N) is 2. The maximum Gasteiger partial charge on any atom is 0.289 e. The molecule has 7 nitrogen and oxygen atoms in total. The van der Waals surface area contributed by atoms with Crippen LogP contribution >= 0.6 is 11.6 Å². The van der Waals surface area contributed by atoms with Gasteiger partial charge in [-0.15, -0.1) is 0 Å². The van der Waals surface area contributed by atoms with Crippen molar-refractivity contribution in [2.24, 2.45) is 0 Å². The van der Waals surface area contributed by atoms with Crippen LogP contribution in [0.5, 0.6) is 0 Å². The van der Waals surface area contributed by atoms with Gasteiger partial charge in [-0.05, 0) is 6.42 Å². The number of halogens is 1. The molecule has 0 unspecified atom stereocenters. The quantitative estimate of drug-likeness (QED) is 0.423. The van der Waals surface area contributed by atoms with Crippen molar-refractivity contribution in [2.75, 3.05) is 31.7 Å². The number of hydrogen-bond acceptors (Lipinski definition) is 6. The van der Waals surface area contributed by atoms with Crippen LogP contribution in [0.1, 0.15) is 6.42 Å². The lowest BCUT2D eigenvalue weighted by atomic mass is 10.4. The molecule has 100 valence electrons. The zero-order valence-corrected chi connectivity index (χ0v) is 10.4. The number of ether oxygens (including phenoxy) is 1. The van der Waals surface area contributed by atoms with E-state index in [2.05, 4.69) is 10.3 Å². The maximum atomic E-state index is 10.5. The van der Waals surface area contributed by atoms with Crippen molar-refractivity contribution in [1.82, 2.24) is 4.98 Å². The van der Waals surface area contributed by atoms with Crippen LogP contribution in [-0.2, 0) is 4.74 Å². The molecule has 18 heavy (non-hydrogen) atoms. The second kappa shape index (κ2) is 7.80. The number of aliphatic hydroxyl groups is 1. The summed E-state index contributed by atoms with van der Waals surface area (Å²) in [5, 5.41) is 22.1. The molecule has 0 aliphatic heterocycles. The van der Waals surface area contributed by atoms with Gasteiger partial charge in [0.25, 0.3) is 5.69 Å². The van der Waals surface area contributed by atoms with Gasteiger partial charge in [-0.25, -0.2) is 4.98 Å². The van der Waals surface area contributed by atoms with Crippen LogP contribution < -0.4 is 5.32 Å². The van der Waals surface area contributed by atoms with E-state index >= 15 is 0 Å². The predicted octanol–water partition coefficient (Wildman–Crippen LogP) is 1.45. The van der Waals surface area contributed by atoms with Crippen LogP contribution in [0.25, 0.3) is 0 Å². The first-order chi connectivity index (χ1) is 8.65. The van der Waals surface area contributed by atoms with Gasteiger partial charge in [0.05, 0.1) is 23.2 Å². The van der Waals surface area contributed by atoms with Crippen molar-refractivity contribution in [3.8, 4) is 0 Å². The van der Waals surface area contributed by atoms with Crippen LogP contribution in [-0.4, -0.2) is 41.4 Å². The molecule has 0 bridgehead atoms. The first-order valence-corrected chi connectivity index (χ1v) is 5.75. The van der Waals surface area contributed by atoms with Crippen LogP contribution in [0.4, 0.5) is 11.5 Å². The molecule has 0 spiro atoms. The van der Waals surface area contributed by atoms with E-state index in [0.29, 0.717) is 25.6 Å². The summed E-state index contributed by atoms with van der Waals surface area (Å²) < 4.78 is 5.07. The minimum Gasteiger partial charge on any atom is -0.394 e. The molecule has 0 radical (unpaired) electrons. The summed E-state index contributed by atoms with van der Waals surface area (Å²) in [7, 11) is 0. The van der Waals surface area contributed by atoms with Gasteiger partial charge in [-0.3, -0.25) is 10.1 Å². The van der Waals surface area contributed by atoms with Crippen molar-refractivity contribution >= 4 is 23.1 Å². The largest absolute Gasteiger partial charge is 0.394 e. The lowest BCUT2D eigenvalue weighted by Crippen LogP contribution is -2.08. The number of anilines is 1. The minimum atomic E-state index is -0.550. The Kier molecular flexibility index (Phi) is 6.34. The zero-order valence-electron chi connectivity index (χ0n) is 9.63. The smallest absolute Gasteiger partial charge is 0.289 e. The van der Waals surface area contributed by atoms with E-state index in [1.165, 1.54) is 6.07 Å². The topological polar surface area (TPSA) is 97.5 Å². The van der Waals surface area contributed by atoms with Crippen molar-refractivity contribution in [3.05, 3.63) is 27.4 Å². The van der Waals surface area contributed by atoms with Gasteiger partial charge < -0.3 is 15.2 Å². The summed E-state index contributed by atoms with van der Waals surface area (Å²) in [5.74, 6) is 0.407. The van der Waals surface area contributed by atoms with E-state index in [0.717, 1.165) is 12.6 Å². The van der Waals surface area contributed by atoms with Gasteiger partial charge in [-0.2, -0.15) is 0 Å². The lowest BCUT2D eigenvalue weighted by Gasteiger charge is -2.07. The van der Waals surface area contributed by atoms with Crippen LogP contribution in [0.15, 0.2) is 12.3 Å². The second-order valence-electron chi connectivity index (χ2n) is 3.40. The number of aliphatic hydroxyl groups excluding tert-OH is 1. The van der Waals surface area contributed by atoms with Crippen molar-refractivity contribution in [2.45, 2.75) is 6.42 Å². The van der Waals surface area contributed by atoms with Crippen LogP contribution in [0.2, 0.25) is 5.02 Å². The van der Waals surface area contributed by atoms with Crippen molar-refractivity contribution < 1.29 is 14.8 Å². The second-order valence-corrected chi connectivity index (χ2v) is 3.80. The summed E-state index contributed by atoms with van der Waals surface area (Å²) in [6.07, 6.45) is 1.87. The van der Waals surface area contributed by atoms with Gasteiger partial charge in [0, 0.05) is 19.2 Å². The van der Waals surface area contributed by atoms with Gasteiger partial charge in [0.15, 0.2) is 0 Å². The number of rotatable bonds is 8. The Morgan fingerprint density at radius 2 is 2.33 bits per heavy atom. The molecular weight excluding hydrogens is 262 g/mol. The van der Waals surface area contributed by atoms with Gasteiger partial charge in [0.2, 0.25) is 0 Å². The van der Waals surface area contributed by atoms with Gasteiger partial charge in [-0.1, -0.05) is 11.6 Å². The van der Waals surface area contributed by atoms with Crippen LogP contribution in [0, 0.1) is 10.1 Å². The molecule has 0 aromatic carbocycles. The normalized spacial score (nSPS) is 10.3. The molecule has 0 saturated heterocycles. The zero-order chi connectivity index (χ0) is 13.4. The summed E-state index contributed by atoms with van der Waals surface area (Å²) in [5.41, 5.74) is -0.142. The Labute approximate surface area is 109 Å². The van der Waals surface area contributed by atoms with Gasteiger partial charge >= 0.3 is 0 Å². The summed E-state index contributed by atoms with van der Waals surface area (Å²) in [6, 6.07) is 1.25. The minimum absolute atomic E-state index is 0.00314. The first-order valence-electron chi connectivity index (χ1n) is 5.37. The fourth-order valence-corrected chi connectivity index (χ4v) is 1.43. The molecule has 0 atom stereocenters. The van der Waals surface area contributed by atoms with Gasteiger partial charge in [0.1, 0.15) is 12.0 Å². The molecule has 2 N–H and O–H groups in total. The van der Waals surface area contributed by atoms with E-state index in [1.807, 2.05) is 0 Å². The average Bonchev–Trinajstić information content (AvgIpc) is 2.35. The highest BCUT2D eigenvalue weighted by atomic mass is 35.5. The number of aromatic nitrogens is 1. The molecule has 1 aromatic rings. The summed E-state index contributed by atoms with van der Waals surface area (Å²) >= 11 is 5.84. The Bertz CT molecular complexity index is 403. The summed E-state index contributed by atoms with van der Waals surface area (Å²) in [6.45, 7) is 1.41. The number of nitrogens with one attached hydrogen (secondary N) is 1. The average molecular weight is 276 g/mol. The monoisotopic (exact) mass is 275 g/mol. The molecule has 1 aromatic heterocycles. The number of nitro groups is 1. The Morgan fingerprint density at radius 1 is 1.56 bits per heavy atom. The summed E-state index contributed by atoms with van der Waals surface area (Å²) in [4.78, 5) is 13.8. The molecule has 0 aliphatic carbocycles. The van der Waals surface area contributed by atoms with Crippen molar-refractivity contribution in [3.63, 3.8) is 0 Å². The standard InChI is InChI=1S/C10H14ClN3O4/c11-9-6-8(14(16)17)7-13-10(9)12-2-1-4-18-5-3-15/h6-7,15H,1-5H2,(H,12,13). The highest BCUT2D eigenvalue weighted by molar-refractivity contribution is 6.33. The number of hydrogen-bond donors (Lipinski definition) is 2. The molecule has 1 heterocycles. The lowest BCUT2D eigenvalue weighted by molar-refractivity contribution is -0.385. The van der Waals surface area contributed by atoms with E-state index in [4.69, 9.17) is 21.4 Å². The number of pyridine rings is 1. The molecule has 0 aliphatic rings. The molecule has 0 fully saturated rings. The van der Waals surface area contributed by atoms with E-state index in [9.17, 15) is 10.1 Å². The van der Waals surface area contributed by atoms with E-state index in [-0.39, 0.29) is 17.3 Å². The SMILES string of the molecule is O=[N+]([O-])c1cnc(NCCCOCCO)c(Cl)c1. The maximum absolute atomic E-state index is 10.5. The third-order valence-electron chi connectivity index (χ3n) is 2.03.